The number of hydrogen-bond acceptors (Lipinski definition) is 2. The molecule has 0 radical (unpaired) electrons. The summed E-state index contributed by atoms with van der Waals surface area (Å²) in [6, 6.07) is 16.1. The number of carbonyl (C=O) groups excluding carboxylic acids is 1. The maximum atomic E-state index is 11.6. The number of carbonyl (C=O) groups is 1. The molecule has 0 fully saturated rings. The molecule has 0 bridgehead atoms. The molecular formula is C20H23N3O2. The zero-order valence-corrected chi connectivity index (χ0v) is 14.6. The van der Waals surface area contributed by atoms with Crippen molar-refractivity contribution in [1.29, 1.82) is 0 Å². The summed E-state index contributed by atoms with van der Waals surface area (Å²) in [4.78, 5) is 16.4. The highest BCUT2D eigenvalue weighted by molar-refractivity contribution is 5.84. The van der Waals surface area contributed by atoms with Gasteiger partial charge in [-0.2, -0.15) is 0 Å². The van der Waals surface area contributed by atoms with Gasteiger partial charge in [-0.25, -0.2) is 4.79 Å². The number of rotatable bonds is 6. The fraction of sp³-hybridized carbons (Fsp3) is 0.250. The van der Waals surface area contributed by atoms with E-state index in [-0.39, 0.29) is 6.03 Å². The van der Waals surface area contributed by atoms with E-state index < -0.39 is 0 Å². The van der Waals surface area contributed by atoms with E-state index in [9.17, 15) is 4.79 Å². The Hall–Kier alpha value is -2.95. The summed E-state index contributed by atoms with van der Waals surface area (Å²) < 4.78 is 5.87. The second kappa shape index (κ2) is 7.75. The number of ether oxygens (including phenoxy) is 1. The van der Waals surface area contributed by atoms with Crippen LogP contribution in [-0.2, 0) is 13.0 Å². The van der Waals surface area contributed by atoms with Gasteiger partial charge in [-0.05, 0) is 29.7 Å². The van der Waals surface area contributed by atoms with Crippen molar-refractivity contribution < 1.29 is 9.53 Å². The van der Waals surface area contributed by atoms with Crippen LogP contribution in [0.2, 0.25) is 0 Å². The molecule has 5 nitrogen and oxygen atoms in total. The highest BCUT2D eigenvalue weighted by Crippen LogP contribution is 2.24. The lowest BCUT2D eigenvalue weighted by molar-refractivity contribution is 0.217. The van der Waals surface area contributed by atoms with E-state index in [0.717, 1.165) is 28.6 Å². The van der Waals surface area contributed by atoms with Gasteiger partial charge in [-0.15, -0.1) is 0 Å². The average molecular weight is 337 g/mol. The Morgan fingerprint density at radius 1 is 1.16 bits per heavy atom. The minimum atomic E-state index is -0.0727. The molecule has 0 aliphatic carbocycles. The van der Waals surface area contributed by atoms with Gasteiger partial charge < -0.3 is 19.9 Å². The van der Waals surface area contributed by atoms with Gasteiger partial charge in [0.05, 0.1) is 0 Å². The summed E-state index contributed by atoms with van der Waals surface area (Å²) in [6.45, 7) is 1.16. The molecule has 0 saturated heterocycles. The Balaban J connectivity index is 1.61. The second-order valence-electron chi connectivity index (χ2n) is 6.17. The summed E-state index contributed by atoms with van der Waals surface area (Å²) in [5.41, 5.74) is 3.37. The highest BCUT2D eigenvalue weighted by Gasteiger charge is 2.07. The first-order valence-electron chi connectivity index (χ1n) is 8.35. The molecule has 25 heavy (non-hydrogen) atoms. The maximum Gasteiger partial charge on any atom is 0.316 e. The molecule has 5 heteroatoms. The first kappa shape index (κ1) is 16.9. The standard InChI is InChI=1S/C20H23N3O2/c1-23(2)20(24)21-11-10-16-13-22-19-12-17(8-9-18(16)19)25-14-15-6-4-3-5-7-15/h3-9,12-13,22H,10-11,14H2,1-2H3,(H,21,24). The normalized spacial score (nSPS) is 10.6. The molecular weight excluding hydrogens is 314 g/mol. The molecule has 2 N–H and O–H groups in total. The zero-order valence-electron chi connectivity index (χ0n) is 14.6. The maximum absolute atomic E-state index is 11.6. The monoisotopic (exact) mass is 337 g/mol. The fourth-order valence-electron chi connectivity index (χ4n) is 2.67. The fourth-order valence-corrected chi connectivity index (χ4v) is 2.67. The first-order valence-corrected chi connectivity index (χ1v) is 8.35. The van der Waals surface area contributed by atoms with Gasteiger partial charge in [0.2, 0.25) is 0 Å². The van der Waals surface area contributed by atoms with Crippen molar-refractivity contribution in [1.82, 2.24) is 15.2 Å². The topological polar surface area (TPSA) is 57.4 Å². The third-order valence-electron chi connectivity index (χ3n) is 4.06. The van der Waals surface area contributed by atoms with Crippen molar-refractivity contribution >= 4 is 16.9 Å². The summed E-state index contributed by atoms with van der Waals surface area (Å²) in [5.74, 6) is 0.839. The van der Waals surface area contributed by atoms with E-state index in [2.05, 4.69) is 16.4 Å². The molecule has 0 spiro atoms. The van der Waals surface area contributed by atoms with E-state index in [4.69, 9.17) is 4.74 Å². The Morgan fingerprint density at radius 3 is 2.72 bits per heavy atom. The summed E-state index contributed by atoms with van der Waals surface area (Å²) in [6.07, 6.45) is 2.78. The Kier molecular flexibility index (Phi) is 5.23. The van der Waals surface area contributed by atoms with Crippen LogP contribution in [0.3, 0.4) is 0 Å². The van der Waals surface area contributed by atoms with Crippen LogP contribution in [0.25, 0.3) is 10.9 Å². The molecule has 2 amide bonds. The van der Waals surface area contributed by atoms with Crippen LogP contribution < -0.4 is 10.1 Å². The number of hydrogen-bond donors (Lipinski definition) is 2. The molecule has 2 aromatic carbocycles. The number of aromatic amines is 1. The molecule has 0 unspecified atom stereocenters. The van der Waals surface area contributed by atoms with Crippen molar-refractivity contribution in [2.45, 2.75) is 13.0 Å². The highest BCUT2D eigenvalue weighted by atomic mass is 16.5. The molecule has 130 valence electrons. The number of nitrogens with one attached hydrogen (secondary N) is 2. The third-order valence-corrected chi connectivity index (χ3v) is 4.06. The summed E-state index contributed by atoms with van der Waals surface area (Å²) in [7, 11) is 3.47. The van der Waals surface area contributed by atoms with Crippen LogP contribution in [0.4, 0.5) is 4.79 Å². The van der Waals surface area contributed by atoms with E-state index in [1.165, 1.54) is 10.5 Å². The van der Waals surface area contributed by atoms with E-state index >= 15 is 0 Å². The Bertz CT molecular complexity index is 841. The van der Waals surface area contributed by atoms with Crippen LogP contribution in [0.15, 0.2) is 54.7 Å². The van der Waals surface area contributed by atoms with Crippen molar-refractivity contribution in [3.05, 3.63) is 65.9 Å². The number of nitrogens with zero attached hydrogens (tertiary/aromatic N) is 1. The molecule has 1 heterocycles. The van der Waals surface area contributed by atoms with Gasteiger partial charge in [0, 0.05) is 43.8 Å². The minimum absolute atomic E-state index is 0.0727. The first-order chi connectivity index (χ1) is 12.1. The van der Waals surface area contributed by atoms with Crippen LogP contribution in [-0.4, -0.2) is 36.6 Å². The molecule has 0 saturated carbocycles. The lowest BCUT2D eigenvalue weighted by Gasteiger charge is -2.11. The van der Waals surface area contributed by atoms with Crippen molar-refractivity contribution in [2.75, 3.05) is 20.6 Å². The largest absolute Gasteiger partial charge is 0.489 e. The summed E-state index contributed by atoms with van der Waals surface area (Å²) >= 11 is 0. The van der Waals surface area contributed by atoms with Crippen molar-refractivity contribution in [3.63, 3.8) is 0 Å². The predicted octanol–water partition coefficient (Wildman–Crippen LogP) is 3.56. The van der Waals surface area contributed by atoms with Crippen LogP contribution >= 0.6 is 0 Å². The van der Waals surface area contributed by atoms with Gasteiger partial charge in [0.15, 0.2) is 0 Å². The average Bonchev–Trinajstić information content (AvgIpc) is 3.03. The quantitative estimate of drug-likeness (QED) is 0.722. The minimum Gasteiger partial charge on any atom is -0.489 e. The molecule has 1 aromatic heterocycles. The molecule has 3 aromatic rings. The van der Waals surface area contributed by atoms with Crippen LogP contribution in [0.1, 0.15) is 11.1 Å². The number of amides is 2. The van der Waals surface area contributed by atoms with E-state index in [0.29, 0.717) is 13.2 Å². The van der Waals surface area contributed by atoms with Gasteiger partial charge in [0.25, 0.3) is 0 Å². The SMILES string of the molecule is CN(C)C(=O)NCCc1c[nH]c2cc(OCc3ccccc3)ccc12. The zero-order chi connectivity index (χ0) is 17.6. The predicted molar refractivity (Wildman–Crippen MR) is 99.9 cm³/mol. The number of fused-ring (bicyclic) bond motifs is 1. The second-order valence-corrected chi connectivity index (χ2v) is 6.17. The number of aromatic nitrogens is 1. The van der Waals surface area contributed by atoms with Crippen LogP contribution in [0, 0.1) is 0 Å². The third kappa shape index (κ3) is 4.32. The van der Waals surface area contributed by atoms with Gasteiger partial charge in [-0.3, -0.25) is 0 Å². The number of H-pyrrole nitrogens is 1. The summed E-state index contributed by atoms with van der Waals surface area (Å²) in [5, 5.41) is 4.04. The van der Waals surface area contributed by atoms with Gasteiger partial charge in [0.1, 0.15) is 12.4 Å². The van der Waals surface area contributed by atoms with Gasteiger partial charge >= 0.3 is 6.03 Å². The lowest BCUT2D eigenvalue weighted by atomic mass is 10.1. The molecule has 3 rings (SSSR count). The van der Waals surface area contributed by atoms with Gasteiger partial charge in [-0.1, -0.05) is 30.3 Å². The molecule has 0 aliphatic heterocycles. The lowest BCUT2D eigenvalue weighted by Crippen LogP contribution is -2.35. The molecule has 0 atom stereocenters. The Labute approximate surface area is 147 Å². The number of benzene rings is 2. The van der Waals surface area contributed by atoms with Crippen LogP contribution in [0.5, 0.6) is 5.75 Å². The Morgan fingerprint density at radius 2 is 1.96 bits per heavy atom. The van der Waals surface area contributed by atoms with E-state index in [1.807, 2.05) is 48.7 Å². The smallest absolute Gasteiger partial charge is 0.316 e. The van der Waals surface area contributed by atoms with Crippen molar-refractivity contribution in [3.8, 4) is 5.75 Å². The van der Waals surface area contributed by atoms with E-state index in [1.54, 1.807) is 14.1 Å². The molecule has 0 aliphatic rings. The van der Waals surface area contributed by atoms with Crippen molar-refractivity contribution in [2.24, 2.45) is 0 Å². The number of urea groups is 1.